The van der Waals surface area contributed by atoms with Crippen LogP contribution in [0.15, 0.2) is 18.2 Å². The van der Waals surface area contributed by atoms with Gasteiger partial charge in [0.05, 0.1) is 16.8 Å². The standard InChI is InChI=1S/C14H18F2O2/c1-12(2)8-14(17,13(3,4)18-12)11-9(15)6-5-7-10(11)16/h5-7,17H,8H2,1-4H3. The minimum atomic E-state index is -1.67. The van der Waals surface area contributed by atoms with Gasteiger partial charge in [0.1, 0.15) is 17.2 Å². The average molecular weight is 256 g/mol. The molecule has 1 atom stereocenters. The van der Waals surface area contributed by atoms with Gasteiger partial charge in [0.25, 0.3) is 0 Å². The van der Waals surface area contributed by atoms with Crippen molar-refractivity contribution in [3.8, 4) is 0 Å². The number of hydrogen-bond acceptors (Lipinski definition) is 2. The molecule has 2 rings (SSSR count). The van der Waals surface area contributed by atoms with E-state index >= 15 is 0 Å². The minimum absolute atomic E-state index is 0.144. The normalized spacial score (nSPS) is 29.5. The predicted octanol–water partition coefficient (Wildman–Crippen LogP) is 3.13. The Kier molecular flexibility index (Phi) is 2.80. The lowest BCUT2D eigenvalue weighted by Gasteiger charge is -2.35. The predicted molar refractivity (Wildman–Crippen MR) is 64.1 cm³/mol. The first-order chi connectivity index (χ1) is 8.09. The van der Waals surface area contributed by atoms with Crippen molar-refractivity contribution in [3.63, 3.8) is 0 Å². The zero-order valence-corrected chi connectivity index (χ0v) is 11.1. The van der Waals surface area contributed by atoms with Crippen LogP contribution in [0.25, 0.3) is 0 Å². The number of hydrogen-bond donors (Lipinski definition) is 1. The molecule has 0 amide bonds. The van der Waals surface area contributed by atoms with Crippen molar-refractivity contribution >= 4 is 0 Å². The van der Waals surface area contributed by atoms with Gasteiger partial charge in [-0.3, -0.25) is 0 Å². The van der Waals surface area contributed by atoms with Crippen LogP contribution in [0.5, 0.6) is 0 Å². The first-order valence-corrected chi connectivity index (χ1v) is 5.96. The fraction of sp³-hybridized carbons (Fsp3) is 0.571. The Morgan fingerprint density at radius 1 is 1.11 bits per heavy atom. The lowest BCUT2D eigenvalue weighted by atomic mass is 9.76. The first kappa shape index (κ1) is 13.4. The van der Waals surface area contributed by atoms with Gasteiger partial charge in [-0.1, -0.05) is 6.07 Å². The molecule has 4 heteroatoms. The van der Waals surface area contributed by atoms with E-state index in [1.807, 2.05) is 0 Å². The van der Waals surface area contributed by atoms with E-state index in [9.17, 15) is 13.9 Å². The Morgan fingerprint density at radius 2 is 1.61 bits per heavy atom. The van der Waals surface area contributed by atoms with Crippen LogP contribution in [0.1, 0.15) is 39.7 Å². The van der Waals surface area contributed by atoms with Crippen molar-refractivity contribution in [1.29, 1.82) is 0 Å². The summed E-state index contributed by atoms with van der Waals surface area (Å²) < 4.78 is 33.5. The highest BCUT2D eigenvalue weighted by Crippen LogP contribution is 2.51. The number of ether oxygens (including phenoxy) is 1. The summed E-state index contributed by atoms with van der Waals surface area (Å²) in [6.07, 6.45) is 0.144. The van der Waals surface area contributed by atoms with E-state index in [2.05, 4.69) is 0 Å². The molecule has 1 aliphatic rings. The lowest BCUT2D eigenvalue weighted by molar-refractivity contribution is -0.132. The number of aliphatic hydroxyl groups is 1. The Hall–Kier alpha value is -1.00. The lowest BCUT2D eigenvalue weighted by Crippen LogP contribution is -2.44. The molecule has 100 valence electrons. The highest BCUT2D eigenvalue weighted by Gasteiger charge is 2.59. The summed E-state index contributed by atoms with van der Waals surface area (Å²) in [7, 11) is 0. The molecule has 1 heterocycles. The molecule has 0 bridgehead atoms. The van der Waals surface area contributed by atoms with Crippen LogP contribution in [0, 0.1) is 11.6 Å². The maximum absolute atomic E-state index is 13.9. The monoisotopic (exact) mass is 256 g/mol. The van der Waals surface area contributed by atoms with Gasteiger partial charge >= 0.3 is 0 Å². The molecule has 0 radical (unpaired) electrons. The quantitative estimate of drug-likeness (QED) is 0.836. The van der Waals surface area contributed by atoms with Gasteiger partial charge in [0.15, 0.2) is 0 Å². The van der Waals surface area contributed by atoms with E-state index in [0.29, 0.717) is 0 Å². The maximum atomic E-state index is 13.9. The second kappa shape index (κ2) is 3.75. The summed E-state index contributed by atoms with van der Waals surface area (Å²) in [5.74, 6) is -1.49. The first-order valence-electron chi connectivity index (χ1n) is 5.96. The summed E-state index contributed by atoms with van der Waals surface area (Å²) >= 11 is 0. The Balaban J connectivity index is 2.62. The van der Waals surface area contributed by atoms with Crippen molar-refractivity contribution in [1.82, 2.24) is 0 Å². The second-order valence-corrected chi connectivity index (χ2v) is 6.01. The fourth-order valence-electron chi connectivity index (χ4n) is 2.92. The van der Waals surface area contributed by atoms with E-state index in [0.717, 1.165) is 12.1 Å². The molecule has 0 spiro atoms. The molecule has 1 N–H and O–H groups in total. The minimum Gasteiger partial charge on any atom is -0.382 e. The molecule has 1 saturated heterocycles. The molecule has 1 aliphatic heterocycles. The number of rotatable bonds is 1. The molecule has 0 aromatic heterocycles. The Bertz CT molecular complexity index is 462. The van der Waals surface area contributed by atoms with Crippen molar-refractivity contribution in [2.45, 2.75) is 50.9 Å². The van der Waals surface area contributed by atoms with Gasteiger partial charge in [-0.25, -0.2) is 8.78 Å². The molecular weight excluding hydrogens is 238 g/mol. The zero-order valence-electron chi connectivity index (χ0n) is 11.1. The van der Waals surface area contributed by atoms with Gasteiger partial charge in [0.2, 0.25) is 0 Å². The molecule has 2 nitrogen and oxygen atoms in total. The van der Waals surface area contributed by atoms with E-state index in [4.69, 9.17) is 4.74 Å². The molecule has 1 fully saturated rings. The highest BCUT2D eigenvalue weighted by atomic mass is 19.1. The van der Waals surface area contributed by atoms with Gasteiger partial charge in [0, 0.05) is 6.42 Å². The zero-order chi connectivity index (χ0) is 13.8. The van der Waals surface area contributed by atoms with Gasteiger partial charge in [-0.05, 0) is 39.8 Å². The van der Waals surface area contributed by atoms with Crippen LogP contribution in [-0.4, -0.2) is 16.3 Å². The third kappa shape index (κ3) is 1.84. The number of halogens is 2. The van der Waals surface area contributed by atoms with Crippen LogP contribution >= 0.6 is 0 Å². The van der Waals surface area contributed by atoms with Crippen molar-refractivity contribution in [2.75, 3.05) is 0 Å². The SMILES string of the molecule is CC1(C)CC(O)(c2c(F)cccc2F)C(C)(C)O1. The topological polar surface area (TPSA) is 29.5 Å². The van der Waals surface area contributed by atoms with E-state index < -0.39 is 28.4 Å². The van der Waals surface area contributed by atoms with Crippen molar-refractivity contribution in [2.24, 2.45) is 0 Å². The van der Waals surface area contributed by atoms with E-state index in [1.165, 1.54) is 6.07 Å². The van der Waals surface area contributed by atoms with Crippen LogP contribution in [-0.2, 0) is 10.3 Å². The Morgan fingerprint density at radius 3 is 2.00 bits per heavy atom. The third-order valence-electron chi connectivity index (χ3n) is 3.59. The summed E-state index contributed by atoms with van der Waals surface area (Å²) in [5, 5.41) is 10.8. The van der Waals surface area contributed by atoms with Gasteiger partial charge < -0.3 is 9.84 Å². The van der Waals surface area contributed by atoms with Gasteiger partial charge in [-0.2, -0.15) is 0 Å². The molecule has 18 heavy (non-hydrogen) atoms. The smallest absolute Gasteiger partial charge is 0.132 e. The highest BCUT2D eigenvalue weighted by molar-refractivity contribution is 5.31. The Labute approximate surface area is 106 Å². The fourth-order valence-corrected chi connectivity index (χ4v) is 2.92. The largest absolute Gasteiger partial charge is 0.382 e. The second-order valence-electron chi connectivity index (χ2n) is 6.01. The van der Waals surface area contributed by atoms with Crippen LogP contribution in [0.4, 0.5) is 8.78 Å². The van der Waals surface area contributed by atoms with Crippen molar-refractivity contribution in [3.05, 3.63) is 35.4 Å². The third-order valence-corrected chi connectivity index (χ3v) is 3.59. The van der Waals surface area contributed by atoms with Gasteiger partial charge in [-0.15, -0.1) is 0 Å². The summed E-state index contributed by atoms with van der Waals surface area (Å²) in [5.41, 5.74) is -3.67. The molecule has 0 saturated carbocycles. The molecule has 0 aliphatic carbocycles. The van der Waals surface area contributed by atoms with E-state index in [-0.39, 0.29) is 12.0 Å². The maximum Gasteiger partial charge on any atom is 0.132 e. The summed E-state index contributed by atoms with van der Waals surface area (Å²) in [4.78, 5) is 0. The molecule has 1 aromatic carbocycles. The van der Waals surface area contributed by atoms with Crippen LogP contribution in [0.3, 0.4) is 0 Å². The van der Waals surface area contributed by atoms with Crippen LogP contribution in [0.2, 0.25) is 0 Å². The van der Waals surface area contributed by atoms with E-state index in [1.54, 1.807) is 27.7 Å². The number of benzene rings is 1. The summed E-state index contributed by atoms with van der Waals surface area (Å²) in [6, 6.07) is 3.58. The molecule has 1 aromatic rings. The van der Waals surface area contributed by atoms with Crippen molar-refractivity contribution < 1.29 is 18.6 Å². The molecule has 1 unspecified atom stereocenters. The summed E-state index contributed by atoms with van der Waals surface area (Å²) in [6.45, 7) is 6.89. The van der Waals surface area contributed by atoms with Crippen LogP contribution < -0.4 is 0 Å². The average Bonchev–Trinajstić information content (AvgIpc) is 2.29. The molecular formula is C14H18F2O2.